The van der Waals surface area contributed by atoms with Crippen LogP contribution in [0.4, 0.5) is 5.69 Å². The van der Waals surface area contributed by atoms with Crippen LogP contribution in [-0.2, 0) is 0 Å². The van der Waals surface area contributed by atoms with E-state index >= 15 is 0 Å². The number of rotatable bonds is 3. The predicted molar refractivity (Wildman–Crippen MR) is 79.1 cm³/mol. The molecule has 0 spiro atoms. The van der Waals surface area contributed by atoms with E-state index in [0.717, 1.165) is 36.6 Å². The summed E-state index contributed by atoms with van der Waals surface area (Å²) < 4.78 is 0. The van der Waals surface area contributed by atoms with Crippen LogP contribution in [-0.4, -0.2) is 29.2 Å². The Balaban J connectivity index is 1.68. The lowest BCUT2D eigenvalue weighted by Crippen LogP contribution is -2.28. The fourth-order valence-electron chi connectivity index (χ4n) is 2.26. The van der Waals surface area contributed by atoms with Gasteiger partial charge in [-0.3, -0.25) is 4.79 Å². The van der Waals surface area contributed by atoms with Gasteiger partial charge in [0.2, 0.25) is 5.01 Å². The van der Waals surface area contributed by atoms with Gasteiger partial charge in [0, 0.05) is 18.2 Å². The number of amides is 1. The number of benzene rings is 1. The number of carbonyl (C=O) groups excluding carboxylic acids is 1. The van der Waals surface area contributed by atoms with E-state index in [0.29, 0.717) is 10.9 Å². The molecule has 104 valence electrons. The number of para-hydroxylation sites is 1. The van der Waals surface area contributed by atoms with Crippen molar-refractivity contribution in [2.24, 2.45) is 0 Å². The number of piperidine rings is 1. The second-order valence-corrected chi connectivity index (χ2v) is 5.82. The zero-order valence-electron chi connectivity index (χ0n) is 11.0. The van der Waals surface area contributed by atoms with E-state index in [1.54, 1.807) is 0 Å². The number of nitrogens with zero attached hydrogens (tertiary/aromatic N) is 2. The third-order valence-electron chi connectivity index (χ3n) is 3.31. The number of anilines is 1. The van der Waals surface area contributed by atoms with Crippen molar-refractivity contribution in [1.29, 1.82) is 0 Å². The van der Waals surface area contributed by atoms with Crippen molar-refractivity contribution in [2.45, 2.75) is 18.8 Å². The van der Waals surface area contributed by atoms with E-state index in [9.17, 15) is 4.79 Å². The summed E-state index contributed by atoms with van der Waals surface area (Å²) >= 11 is 1.39. The number of nitrogens with one attached hydrogen (secondary N) is 2. The van der Waals surface area contributed by atoms with E-state index in [-0.39, 0.29) is 5.91 Å². The number of hydrogen-bond acceptors (Lipinski definition) is 5. The molecule has 1 aliphatic heterocycles. The molecule has 20 heavy (non-hydrogen) atoms. The van der Waals surface area contributed by atoms with Gasteiger partial charge in [-0.1, -0.05) is 29.5 Å². The Kier molecular flexibility index (Phi) is 4.03. The Morgan fingerprint density at radius 3 is 2.90 bits per heavy atom. The summed E-state index contributed by atoms with van der Waals surface area (Å²) in [6, 6.07) is 9.38. The van der Waals surface area contributed by atoms with Crippen LogP contribution >= 0.6 is 11.3 Å². The van der Waals surface area contributed by atoms with Crippen LogP contribution in [0, 0.1) is 0 Å². The maximum atomic E-state index is 12.1. The second kappa shape index (κ2) is 6.11. The van der Waals surface area contributed by atoms with Crippen molar-refractivity contribution in [1.82, 2.24) is 15.5 Å². The van der Waals surface area contributed by atoms with E-state index in [1.807, 2.05) is 30.3 Å². The lowest BCUT2D eigenvalue weighted by atomic mass is 10.0. The Hall–Kier alpha value is -1.79. The van der Waals surface area contributed by atoms with Gasteiger partial charge in [-0.2, -0.15) is 0 Å². The third kappa shape index (κ3) is 3.02. The minimum absolute atomic E-state index is 0.191. The fourth-order valence-corrected chi connectivity index (χ4v) is 3.13. The number of hydrogen-bond donors (Lipinski definition) is 2. The minimum atomic E-state index is -0.191. The number of aromatic nitrogens is 2. The quantitative estimate of drug-likeness (QED) is 0.909. The molecule has 3 rings (SSSR count). The average Bonchev–Trinajstić information content (AvgIpc) is 2.99. The van der Waals surface area contributed by atoms with Crippen molar-refractivity contribution in [3.05, 3.63) is 40.3 Å². The van der Waals surface area contributed by atoms with Crippen molar-refractivity contribution in [2.75, 3.05) is 18.4 Å². The van der Waals surface area contributed by atoms with Crippen molar-refractivity contribution in [3.63, 3.8) is 0 Å². The van der Waals surface area contributed by atoms with Gasteiger partial charge < -0.3 is 10.6 Å². The summed E-state index contributed by atoms with van der Waals surface area (Å²) in [6.07, 6.45) is 2.26. The predicted octanol–water partition coefficient (Wildman–Crippen LogP) is 2.26. The van der Waals surface area contributed by atoms with Gasteiger partial charge in [0.05, 0.1) is 0 Å². The summed E-state index contributed by atoms with van der Waals surface area (Å²) in [4.78, 5) is 12.1. The smallest absolute Gasteiger partial charge is 0.286 e. The summed E-state index contributed by atoms with van der Waals surface area (Å²) in [7, 11) is 0. The van der Waals surface area contributed by atoms with Crippen LogP contribution in [0.15, 0.2) is 30.3 Å². The maximum Gasteiger partial charge on any atom is 0.286 e. The molecule has 1 aromatic carbocycles. The molecule has 0 aliphatic carbocycles. The number of carbonyl (C=O) groups is 1. The molecule has 1 amide bonds. The lowest BCUT2D eigenvalue weighted by molar-refractivity contribution is 0.102. The SMILES string of the molecule is O=C(Nc1ccccc1)c1nnc([C@@H]2CCCNC2)s1. The summed E-state index contributed by atoms with van der Waals surface area (Å²) in [5.41, 5.74) is 0.772. The van der Waals surface area contributed by atoms with Gasteiger partial charge in [-0.05, 0) is 31.5 Å². The molecule has 1 saturated heterocycles. The first kappa shape index (κ1) is 13.2. The van der Waals surface area contributed by atoms with Gasteiger partial charge in [0.25, 0.3) is 5.91 Å². The van der Waals surface area contributed by atoms with Gasteiger partial charge in [-0.25, -0.2) is 0 Å². The molecule has 1 fully saturated rings. The first-order valence-electron chi connectivity index (χ1n) is 6.73. The highest BCUT2D eigenvalue weighted by Gasteiger charge is 2.21. The largest absolute Gasteiger partial charge is 0.320 e. The Morgan fingerprint density at radius 1 is 1.30 bits per heavy atom. The second-order valence-electron chi connectivity index (χ2n) is 4.81. The standard InChI is InChI=1S/C14H16N4OS/c19-12(16-11-6-2-1-3-7-11)14-18-17-13(20-14)10-5-4-8-15-9-10/h1-3,6-7,10,15H,4-5,8-9H2,(H,16,19)/t10-/m1/s1. The first-order valence-corrected chi connectivity index (χ1v) is 7.55. The lowest BCUT2D eigenvalue weighted by Gasteiger charge is -2.19. The molecule has 2 heterocycles. The van der Waals surface area contributed by atoms with Crippen molar-refractivity contribution in [3.8, 4) is 0 Å². The Bertz CT molecular complexity index is 578. The first-order chi connectivity index (χ1) is 9.83. The zero-order chi connectivity index (χ0) is 13.8. The molecular weight excluding hydrogens is 272 g/mol. The fraction of sp³-hybridized carbons (Fsp3) is 0.357. The van der Waals surface area contributed by atoms with Crippen molar-refractivity contribution < 1.29 is 4.79 Å². The zero-order valence-corrected chi connectivity index (χ0v) is 11.8. The Morgan fingerprint density at radius 2 is 2.15 bits per heavy atom. The molecule has 2 N–H and O–H groups in total. The highest BCUT2D eigenvalue weighted by molar-refractivity contribution is 7.13. The maximum absolute atomic E-state index is 12.1. The normalized spacial score (nSPS) is 18.7. The molecule has 0 saturated carbocycles. The van der Waals surface area contributed by atoms with Crippen molar-refractivity contribution >= 4 is 22.9 Å². The van der Waals surface area contributed by atoms with Crippen LogP contribution in [0.1, 0.15) is 33.6 Å². The highest BCUT2D eigenvalue weighted by Crippen LogP contribution is 2.26. The average molecular weight is 288 g/mol. The van der Waals surface area contributed by atoms with Crippen LogP contribution in [0.5, 0.6) is 0 Å². The van der Waals surface area contributed by atoms with Crippen LogP contribution < -0.4 is 10.6 Å². The van der Waals surface area contributed by atoms with E-state index in [1.165, 1.54) is 11.3 Å². The van der Waals surface area contributed by atoms with Gasteiger partial charge in [0.15, 0.2) is 0 Å². The van der Waals surface area contributed by atoms with Gasteiger partial charge in [0.1, 0.15) is 5.01 Å². The summed E-state index contributed by atoms with van der Waals surface area (Å²) in [5.74, 6) is 0.197. The summed E-state index contributed by atoms with van der Waals surface area (Å²) in [5, 5.41) is 15.7. The monoisotopic (exact) mass is 288 g/mol. The van der Waals surface area contributed by atoms with Gasteiger partial charge >= 0.3 is 0 Å². The van der Waals surface area contributed by atoms with E-state index in [2.05, 4.69) is 20.8 Å². The van der Waals surface area contributed by atoms with Crippen LogP contribution in [0.3, 0.4) is 0 Å². The summed E-state index contributed by atoms with van der Waals surface area (Å²) in [6.45, 7) is 1.99. The molecule has 0 radical (unpaired) electrons. The molecule has 5 nitrogen and oxygen atoms in total. The van der Waals surface area contributed by atoms with E-state index in [4.69, 9.17) is 0 Å². The molecule has 6 heteroatoms. The molecular formula is C14H16N4OS. The molecule has 1 aromatic heterocycles. The van der Waals surface area contributed by atoms with E-state index < -0.39 is 0 Å². The van der Waals surface area contributed by atoms with Crippen LogP contribution in [0.25, 0.3) is 0 Å². The Labute approximate surface area is 121 Å². The molecule has 0 unspecified atom stereocenters. The highest BCUT2D eigenvalue weighted by atomic mass is 32.1. The van der Waals surface area contributed by atoms with Gasteiger partial charge in [-0.15, -0.1) is 10.2 Å². The topological polar surface area (TPSA) is 66.9 Å². The molecule has 2 aromatic rings. The molecule has 1 atom stereocenters. The molecule has 1 aliphatic rings. The minimum Gasteiger partial charge on any atom is -0.320 e. The third-order valence-corrected chi connectivity index (χ3v) is 4.40. The molecule has 0 bridgehead atoms. The van der Waals surface area contributed by atoms with Crippen LogP contribution in [0.2, 0.25) is 0 Å².